The summed E-state index contributed by atoms with van der Waals surface area (Å²) in [5.41, 5.74) is 1.10. The number of carbonyl (C=O) groups is 1. The number of sulfonamides is 1. The number of hydrogen-bond donors (Lipinski definition) is 0. The van der Waals surface area contributed by atoms with E-state index in [-0.39, 0.29) is 45.9 Å². The number of rotatable bonds is 5. The minimum atomic E-state index is -4.19. The first-order chi connectivity index (χ1) is 12.8. The molecule has 0 saturated carbocycles. The third-order valence-electron chi connectivity index (χ3n) is 3.53. The molecule has 0 unspecified atom stereocenters. The van der Waals surface area contributed by atoms with Crippen molar-refractivity contribution in [1.29, 1.82) is 0 Å². The molecule has 0 spiro atoms. The van der Waals surface area contributed by atoms with E-state index in [2.05, 4.69) is 25.6 Å². The SMILES string of the molecule is Cc1ccc(C(=O)[N-]S(=O)(=O)c2ccc(Oc3ccccc3)nc2)c(Br)c1.[Na+]. The van der Waals surface area contributed by atoms with Crippen LogP contribution in [0.2, 0.25) is 0 Å². The van der Waals surface area contributed by atoms with Gasteiger partial charge in [0, 0.05) is 22.3 Å². The number of nitrogens with zero attached hydrogens (tertiary/aromatic N) is 2. The summed E-state index contributed by atoms with van der Waals surface area (Å²) < 4.78 is 34.1. The van der Waals surface area contributed by atoms with E-state index in [1.54, 1.807) is 24.3 Å². The monoisotopic (exact) mass is 468 g/mol. The molecule has 1 heterocycles. The van der Waals surface area contributed by atoms with Gasteiger partial charge >= 0.3 is 29.6 Å². The summed E-state index contributed by atoms with van der Waals surface area (Å²) >= 11 is 3.25. The molecule has 0 atom stereocenters. The number of hydrogen-bond acceptors (Lipinski definition) is 5. The molecule has 138 valence electrons. The van der Waals surface area contributed by atoms with Gasteiger partial charge in [0.1, 0.15) is 15.8 Å². The average Bonchev–Trinajstić information content (AvgIpc) is 2.62. The van der Waals surface area contributed by atoms with Crippen LogP contribution in [0.5, 0.6) is 11.6 Å². The van der Waals surface area contributed by atoms with Crippen LogP contribution in [0.3, 0.4) is 0 Å². The zero-order valence-corrected chi connectivity index (χ0v) is 19.6. The Bertz CT molecular complexity index is 1070. The molecule has 2 aromatic carbocycles. The van der Waals surface area contributed by atoms with E-state index in [9.17, 15) is 13.2 Å². The number of para-hydroxylation sites is 1. The minimum Gasteiger partial charge on any atom is -0.537 e. The van der Waals surface area contributed by atoms with Crippen molar-refractivity contribution in [3.63, 3.8) is 0 Å². The molecule has 28 heavy (non-hydrogen) atoms. The molecule has 0 fully saturated rings. The van der Waals surface area contributed by atoms with Crippen LogP contribution < -0.4 is 34.3 Å². The van der Waals surface area contributed by atoms with Crippen molar-refractivity contribution in [2.45, 2.75) is 11.8 Å². The molecule has 1 aromatic heterocycles. The molecule has 3 aromatic rings. The van der Waals surface area contributed by atoms with E-state index < -0.39 is 15.9 Å². The summed E-state index contributed by atoms with van der Waals surface area (Å²) in [5, 5.41) is 0. The second kappa shape index (κ2) is 9.67. The van der Waals surface area contributed by atoms with Gasteiger partial charge in [-0.3, -0.25) is 0 Å². The van der Waals surface area contributed by atoms with E-state index in [1.165, 1.54) is 18.2 Å². The Morgan fingerprint density at radius 2 is 1.79 bits per heavy atom. The number of benzene rings is 2. The Kier molecular flexibility index (Phi) is 7.79. The number of carbonyl (C=O) groups excluding carboxylic acids is 1. The predicted molar refractivity (Wildman–Crippen MR) is 105 cm³/mol. The first-order valence-electron chi connectivity index (χ1n) is 7.82. The van der Waals surface area contributed by atoms with Gasteiger partial charge in [-0.1, -0.05) is 46.3 Å². The number of halogens is 1. The Balaban J connectivity index is 0.00000280. The molecule has 9 heteroatoms. The number of aromatic nitrogens is 1. The number of aryl methyl sites for hydroxylation is 1. The molecule has 0 N–H and O–H groups in total. The Hall–Kier alpha value is -1.71. The quantitative estimate of drug-likeness (QED) is 0.533. The van der Waals surface area contributed by atoms with Gasteiger partial charge in [-0.05, 0) is 36.8 Å². The molecule has 0 saturated heterocycles. The number of ether oxygens (including phenoxy) is 1. The fourth-order valence-electron chi connectivity index (χ4n) is 2.19. The third-order valence-corrected chi connectivity index (χ3v) is 5.43. The van der Waals surface area contributed by atoms with Gasteiger partial charge in [-0.15, -0.1) is 0 Å². The van der Waals surface area contributed by atoms with Gasteiger partial charge < -0.3 is 14.3 Å². The number of amides is 1. The van der Waals surface area contributed by atoms with E-state index in [4.69, 9.17) is 4.74 Å². The maximum absolute atomic E-state index is 12.4. The molecule has 3 rings (SSSR count). The molecular weight excluding hydrogens is 455 g/mol. The van der Waals surface area contributed by atoms with Crippen LogP contribution in [0, 0.1) is 6.92 Å². The van der Waals surface area contributed by atoms with E-state index >= 15 is 0 Å². The molecule has 0 aliphatic carbocycles. The second-order valence-electron chi connectivity index (χ2n) is 5.60. The van der Waals surface area contributed by atoms with Crippen molar-refractivity contribution < 1.29 is 47.5 Å². The fourth-order valence-corrected chi connectivity index (χ4v) is 3.70. The molecule has 0 radical (unpaired) electrons. The maximum atomic E-state index is 12.4. The van der Waals surface area contributed by atoms with Gasteiger partial charge in [-0.2, -0.15) is 0 Å². The molecule has 0 aliphatic heterocycles. The third kappa shape index (κ3) is 5.65. The van der Waals surface area contributed by atoms with Crippen LogP contribution in [0.25, 0.3) is 4.72 Å². The minimum absolute atomic E-state index is 0. The van der Waals surface area contributed by atoms with Gasteiger partial charge in [-0.25, -0.2) is 13.4 Å². The van der Waals surface area contributed by atoms with Crippen molar-refractivity contribution in [3.05, 3.63) is 87.2 Å². The van der Waals surface area contributed by atoms with E-state index in [1.807, 2.05) is 25.1 Å². The number of pyridine rings is 1. The first kappa shape index (κ1) is 22.6. The van der Waals surface area contributed by atoms with Crippen molar-refractivity contribution in [2.24, 2.45) is 0 Å². The Morgan fingerprint density at radius 3 is 2.39 bits per heavy atom. The van der Waals surface area contributed by atoms with Gasteiger partial charge in [0.15, 0.2) is 0 Å². The first-order valence-corrected chi connectivity index (χ1v) is 10.1. The molecule has 1 amide bonds. The van der Waals surface area contributed by atoms with Gasteiger partial charge in [0.25, 0.3) is 0 Å². The zero-order chi connectivity index (χ0) is 19.4. The summed E-state index contributed by atoms with van der Waals surface area (Å²) in [6.07, 6.45) is 1.11. The van der Waals surface area contributed by atoms with Crippen LogP contribution in [0.4, 0.5) is 0 Å². The summed E-state index contributed by atoms with van der Waals surface area (Å²) in [7, 11) is -4.19. The fraction of sp³-hybridized carbons (Fsp3) is 0.0526. The van der Waals surface area contributed by atoms with E-state index in [0.717, 1.165) is 11.8 Å². The average molecular weight is 469 g/mol. The van der Waals surface area contributed by atoms with Gasteiger partial charge in [0.05, 0.1) is 10.8 Å². The van der Waals surface area contributed by atoms with Crippen LogP contribution >= 0.6 is 15.9 Å². The second-order valence-corrected chi connectivity index (χ2v) is 8.06. The zero-order valence-electron chi connectivity index (χ0n) is 15.2. The summed E-state index contributed by atoms with van der Waals surface area (Å²) in [5.74, 6) is -0.0519. The molecular formula is C19H14BrN2NaO4S. The van der Waals surface area contributed by atoms with Crippen molar-refractivity contribution in [1.82, 2.24) is 4.98 Å². The van der Waals surface area contributed by atoms with Crippen molar-refractivity contribution in [3.8, 4) is 11.6 Å². The smallest absolute Gasteiger partial charge is 0.537 e. The van der Waals surface area contributed by atoms with E-state index in [0.29, 0.717) is 10.2 Å². The summed E-state index contributed by atoms with van der Waals surface area (Å²) in [4.78, 5) is 16.0. The standard InChI is InChI=1S/C19H15BrN2O4S.Na/c1-13-7-9-16(17(20)11-13)19(23)22-27(24,25)15-8-10-18(21-12-15)26-14-5-3-2-4-6-14;/h2-12H,1H3,(H,22,23);/q;+1/p-1. The van der Waals surface area contributed by atoms with Crippen molar-refractivity contribution >= 4 is 31.9 Å². The normalized spacial score (nSPS) is 10.6. The topological polar surface area (TPSA) is 87.4 Å². The molecule has 0 bridgehead atoms. The van der Waals surface area contributed by atoms with Gasteiger partial charge in [0.2, 0.25) is 5.88 Å². The van der Waals surface area contributed by atoms with Crippen LogP contribution in [-0.4, -0.2) is 19.3 Å². The van der Waals surface area contributed by atoms with Crippen LogP contribution in [0.15, 0.2) is 76.2 Å². The Morgan fingerprint density at radius 1 is 1.07 bits per heavy atom. The Labute approximate surface area is 193 Å². The predicted octanol–water partition coefficient (Wildman–Crippen LogP) is 1.85. The summed E-state index contributed by atoms with van der Waals surface area (Å²) in [6.45, 7) is 1.86. The molecule has 0 aliphatic rings. The van der Waals surface area contributed by atoms with Crippen LogP contribution in [-0.2, 0) is 10.0 Å². The maximum Gasteiger partial charge on any atom is 1.00 e. The van der Waals surface area contributed by atoms with Crippen molar-refractivity contribution in [2.75, 3.05) is 0 Å². The van der Waals surface area contributed by atoms with Crippen LogP contribution in [0.1, 0.15) is 15.9 Å². The largest absolute Gasteiger partial charge is 1.00 e. The molecule has 6 nitrogen and oxygen atoms in total. The summed E-state index contributed by atoms with van der Waals surface area (Å²) in [6, 6.07) is 16.6.